The van der Waals surface area contributed by atoms with Gasteiger partial charge in [-0.15, -0.1) is 0 Å². The Morgan fingerprint density at radius 2 is 2.00 bits per heavy atom. The molecule has 5 heteroatoms. The van der Waals surface area contributed by atoms with E-state index >= 15 is 0 Å². The average molecular weight is 373 g/mol. The lowest BCUT2D eigenvalue weighted by atomic mass is 9.95. The molecule has 1 saturated heterocycles. The molecular weight excluding hydrogens is 350 g/mol. The van der Waals surface area contributed by atoms with Crippen molar-refractivity contribution in [3.63, 3.8) is 0 Å². The van der Waals surface area contributed by atoms with Gasteiger partial charge in [0, 0.05) is 42.3 Å². The maximum atomic E-state index is 13.3. The normalized spacial score (nSPS) is 16.6. The maximum absolute atomic E-state index is 13.3. The number of nitrogens with zero attached hydrogens (tertiary/aromatic N) is 3. The third-order valence-electron chi connectivity index (χ3n) is 5.22. The van der Waals surface area contributed by atoms with Crippen LogP contribution in [0.5, 0.6) is 5.88 Å². The van der Waals surface area contributed by atoms with Crippen molar-refractivity contribution in [3.05, 3.63) is 78.2 Å². The molecule has 1 aliphatic heterocycles. The third-order valence-corrected chi connectivity index (χ3v) is 5.22. The van der Waals surface area contributed by atoms with Gasteiger partial charge < -0.3 is 9.64 Å². The number of hydrogen-bond donors (Lipinski definition) is 0. The van der Waals surface area contributed by atoms with Crippen molar-refractivity contribution in [2.24, 2.45) is 0 Å². The highest BCUT2D eigenvalue weighted by Crippen LogP contribution is 2.32. The molecule has 0 aliphatic carbocycles. The minimum Gasteiger partial charge on any atom is -0.481 e. The predicted molar refractivity (Wildman–Crippen MR) is 108 cm³/mol. The van der Waals surface area contributed by atoms with E-state index in [-0.39, 0.29) is 11.9 Å². The molecular formula is C23H23N3O2. The zero-order chi connectivity index (χ0) is 19.3. The Balaban J connectivity index is 1.61. The van der Waals surface area contributed by atoms with Crippen LogP contribution >= 0.6 is 0 Å². The summed E-state index contributed by atoms with van der Waals surface area (Å²) in [5.41, 5.74) is 3.73. The van der Waals surface area contributed by atoms with Gasteiger partial charge in [0.05, 0.1) is 13.2 Å². The van der Waals surface area contributed by atoms with Crippen molar-refractivity contribution in [2.75, 3.05) is 13.7 Å². The standard InChI is InChI=1S/C23H23N3O2/c1-28-22-11-10-19(16-25-22)17-6-4-7-18(14-17)23(27)26-13-3-2-9-21(26)20-8-5-12-24-15-20/h4-8,10-12,14-16,21H,2-3,9,13H2,1H3/t21-/m0/s1. The summed E-state index contributed by atoms with van der Waals surface area (Å²) in [5, 5.41) is 0. The first-order valence-electron chi connectivity index (χ1n) is 9.57. The number of ether oxygens (including phenoxy) is 1. The molecule has 1 aromatic carbocycles. The molecule has 3 heterocycles. The number of hydrogen-bond acceptors (Lipinski definition) is 4. The molecule has 0 N–H and O–H groups in total. The van der Waals surface area contributed by atoms with Crippen LogP contribution in [0.4, 0.5) is 0 Å². The van der Waals surface area contributed by atoms with Crippen molar-refractivity contribution in [2.45, 2.75) is 25.3 Å². The fourth-order valence-corrected chi connectivity index (χ4v) is 3.76. The molecule has 0 saturated carbocycles. The summed E-state index contributed by atoms with van der Waals surface area (Å²) >= 11 is 0. The maximum Gasteiger partial charge on any atom is 0.254 e. The van der Waals surface area contributed by atoms with Gasteiger partial charge in [-0.1, -0.05) is 18.2 Å². The Bertz CT molecular complexity index is 942. The number of pyridine rings is 2. The van der Waals surface area contributed by atoms with Crippen LogP contribution < -0.4 is 4.74 Å². The van der Waals surface area contributed by atoms with E-state index in [1.807, 2.05) is 53.6 Å². The van der Waals surface area contributed by atoms with Crippen LogP contribution in [0, 0.1) is 0 Å². The van der Waals surface area contributed by atoms with E-state index in [0.29, 0.717) is 11.4 Å². The second-order valence-corrected chi connectivity index (χ2v) is 6.97. The summed E-state index contributed by atoms with van der Waals surface area (Å²) in [6.07, 6.45) is 8.54. The molecule has 0 unspecified atom stereocenters. The van der Waals surface area contributed by atoms with Crippen molar-refractivity contribution < 1.29 is 9.53 Å². The van der Waals surface area contributed by atoms with Gasteiger partial charge in [-0.05, 0) is 54.7 Å². The zero-order valence-electron chi connectivity index (χ0n) is 15.9. The molecule has 1 atom stereocenters. The lowest BCUT2D eigenvalue weighted by Gasteiger charge is -2.36. The monoisotopic (exact) mass is 373 g/mol. The summed E-state index contributed by atoms with van der Waals surface area (Å²) in [7, 11) is 1.60. The van der Waals surface area contributed by atoms with E-state index in [4.69, 9.17) is 4.74 Å². The van der Waals surface area contributed by atoms with Crippen LogP contribution in [0.3, 0.4) is 0 Å². The van der Waals surface area contributed by atoms with Crippen molar-refractivity contribution in [1.29, 1.82) is 0 Å². The summed E-state index contributed by atoms with van der Waals surface area (Å²) < 4.78 is 5.12. The van der Waals surface area contributed by atoms with E-state index in [1.54, 1.807) is 19.5 Å². The van der Waals surface area contributed by atoms with Gasteiger partial charge in [0.1, 0.15) is 0 Å². The van der Waals surface area contributed by atoms with E-state index < -0.39 is 0 Å². The number of carbonyl (C=O) groups is 1. The number of aromatic nitrogens is 2. The van der Waals surface area contributed by atoms with Crippen molar-refractivity contribution in [3.8, 4) is 17.0 Å². The van der Waals surface area contributed by atoms with Crippen molar-refractivity contribution in [1.82, 2.24) is 14.9 Å². The predicted octanol–water partition coefficient (Wildman–Crippen LogP) is 4.52. The number of rotatable bonds is 4. The van der Waals surface area contributed by atoms with Gasteiger partial charge >= 0.3 is 0 Å². The van der Waals surface area contributed by atoms with Crippen LogP contribution in [-0.2, 0) is 0 Å². The van der Waals surface area contributed by atoms with E-state index in [1.165, 1.54) is 0 Å². The minimum absolute atomic E-state index is 0.0665. The van der Waals surface area contributed by atoms with E-state index in [0.717, 1.165) is 42.5 Å². The van der Waals surface area contributed by atoms with Crippen LogP contribution in [0.1, 0.15) is 41.2 Å². The van der Waals surface area contributed by atoms with Gasteiger partial charge in [0.2, 0.25) is 5.88 Å². The van der Waals surface area contributed by atoms with Crippen LogP contribution in [0.2, 0.25) is 0 Å². The average Bonchev–Trinajstić information content (AvgIpc) is 2.79. The Hall–Kier alpha value is -3.21. The second-order valence-electron chi connectivity index (χ2n) is 6.97. The zero-order valence-corrected chi connectivity index (χ0v) is 15.9. The molecule has 3 aromatic rings. The third kappa shape index (κ3) is 3.74. The molecule has 4 rings (SSSR count). The number of amides is 1. The number of likely N-dealkylation sites (tertiary alicyclic amines) is 1. The molecule has 1 fully saturated rings. The first-order chi connectivity index (χ1) is 13.8. The first-order valence-corrected chi connectivity index (χ1v) is 9.57. The van der Waals surface area contributed by atoms with Crippen LogP contribution in [0.25, 0.3) is 11.1 Å². The summed E-state index contributed by atoms with van der Waals surface area (Å²) in [6, 6.07) is 15.6. The SMILES string of the molecule is COc1ccc(-c2cccc(C(=O)N3CCCC[C@H]3c3cccnc3)c2)cn1. The topological polar surface area (TPSA) is 55.3 Å². The Labute approximate surface area is 165 Å². The number of piperidine rings is 1. The molecule has 0 bridgehead atoms. The number of carbonyl (C=O) groups excluding carboxylic acids is 1. The van der Waals surface area contributed by atoms with Gasteiger partial charge in [-0.2, -0.15) is 0 Å². The van der Waals surface area contributed by atoms with E-state index in [2.05, 4.69) is 16.0 Å². The van der Waals surface area contributed by atoms with Gasteiger partial charge in [-0.25, -0.2) is 4.98 Å². The molecule has 28 heavy (non-hydrogen) atoms. The molecule has 1 aliphatic rings. The molecule has 0 radical (unpaired) electrons. The minimum atomic E-state index is 0.0665. The van der Waals surface area contributed by atoms with Crippen LogP contribution in [0.15, 0.2) is 67.1 Å². The molecule has 1 amide bonds. The number of benzene rings is 1. The summed E-state index contributed by atoms with van der Waals surface area (Å²) in [5.74, 6) is 0.639. The quantitative estimate of drug-likeness (QED) is 0.675. The Kier molecular flexibility index (Phi) is 5.33. The molecule has 0 spiro atoms. The highest BCUT2D eigenvalue weighted by atomic mass is 16.5. The fraction of sp³-hybridized carbons (Fsp3) is 0.261. The smallest absolute Gasteiger partial charge is 0.254 e. The Morgan fingerprint density at radius 1 is 1.07 bits per heavy atom. The lowest BCUT2D eigenvalue weighted by Crippen LogP contribution is -2.38. The van der Waals surface area contributed by atoms with Gasteiger partial charge in [0.15, 0.2) is 0 Å². The highest BCUT2D eigenvalue weighted by molar-refractivity contribution is 5.95. The molecule has 2 aromatic heterocycles. The van der Waals surface area contributed by atoms with Crippen LogP contribution in [-0.4, -0.2) is 34.4 Å². The highest BCUT2D eigenvalue weighted by Gasteiger charge is 2.28. The van der Waals surface area contributed by atoms with Gasteiger partial charge in [0.25, 0.3) is 5.91 Å². The lowest BCUT2D eigenvalue weighted by molar-refractivity contribution is 0.0611. The van der Waals surface area contributed by atoms with Gasteiger partial charge in [-0.3, -0.25) is 9.78 Å². The largest absolute Gasteiger partial charge is 0.481 e. The number of methoxy groups -OCH3 is 1. The Morgan fingerprint density at radius 3 is 2.75 bits per heavy atom. The van der Waals surface area contributed by atoms with E-state index in [9.17, 15) is 4.79 Å². The van der Waals surface area contributed by atoms with Crippen molar-refractivity contribution >= 4 is 5.91 Å². The second kappa shape index (κ2) is 8.21. The summed E-state index contributed by atoms with van der Waals surface area (Å²) in [4.78, 5) is 23.8. The summed E-state index contributed by atoms with van der Waals surface area (Å²) in [6.45, 7) is 0.771. The fourth-order valence-electron chi connectivity index (χ4n) is 3.76. The first kappa shape index (κ1) is 18.2. The molecule has 5 nitrogen and oxygen atoms in total. The molecule has 142 valence electrons.